The number of nitrogens with two attached hydrogens (primary N) is 1. The lowest BCUT2D eigenvalue weighted by Gasteiger charge is -2.35. The molecule has 0 saturated heterocycles. The molecule has 0 unspecified atom stereocenters. The molecule has 21 heavy (non-hydrogen) atoms. The summed E-state index contributed by atoms with van der Waals surface area (Å²) in [4.78, 5) is -0.0593. The fourth-order valence-electron chi connectivity index (χ4n) is 2.72. The Kier molecular flexibility index (Phi) is 5.16. The third-order valence-corrected chi connectivity index (χ3v) is 6.94. The van der Waals surface area contributed by atoms with E-state index >= 15 is 0 Å². The Morgan fingerprint density at radius 3 is 2.57 bits per heavy atom. The van der Waals surface area contributed by atoms with E-state index in [1.54, 1.807) is 11.8 Å². The highest BCUT2D eigenvalue weighted by atomic mass is 32.2. The summed E-state index contributed by atoms with van der Waals surface area (Å²) >= 11 is 1.72. The van der Waals surface area contributed by atoms with Crippen LogP contribution in [0, 0.1) is 5.82 Å². The predicted octanol–water partition coefficient (Wildman–Crippen LogP) is 2.75. The van der Waals surface area contributed by atoms with E-state index in [0.717, 1.165) is 37.8 Å². The minimum atomic E-state index is -3.71. The van der Waals surface area contributed by atoms with E-state index in [2.05, 4.69) is 4.72 Å². The van der Waals surface area contributed by atoms with Gasteiger partial charge in [0.05, 0.1) is 5.69 Å². The van der Waals surface area contributed by atoms with E-state index in [0.29, 0.717) is 6.54 Å². The van der Waals surface area contributed by atoms with Crippen LogP contribution in [0.5, 0.6) is 0 Å². The second-order valence-electron chi connectivity index (χ2n) is 5.45. The smallest absolute Gasteiger partial charge is 0.242 e. The Bertz CT molecular complexity index is 599. The summed E-state index contributed by atoms with van der Waals surface area (Å²) < 4.78 is 40.3. The normalized spacial score (nSPS) is 18.6. The van der Waals surface area contributed by atoms with Crippen molar-refractivity contribution in [2.24, 2.45) is 0 Å². The van der Waals surface area contributed by atoms with Gasteiger partial charge in [0, 0.05) is 11.3 Å². The summed E-state index contributed by atoms with van der Waals surface area (Å²) in [6.45, 7) is 0.382. The number of sulfonamides is 1. The number of benzene rings is 1. The molecule has 0 radical (unpaired) electrons. The van der Waals surface area contributed by atoms with Crippen LogP contribution in [0.3, 0.4) is 0 Å². The highest BCUT2D eigenvalue weighted by Gasteiger charge is 2.33. The topological polar surface area (TPSA) is 72.2 Å². The molecule has 1 aliphatic rings. The quantitative estimate of drug-likeness (QED) is 0.813. The van der Waals surface area contributed by atoms with Gasteiger partial charge in [0.1, 0.15) is 10.7 Å². The van der Waals surface area contributed by atoms with Crippen molar-refractivity contribution in [3.8, 4) is 0 Å². The molecule has 0 atom stereocenters. The van der Waals surface area contributed by atoms with Crippen LogP contribution >= 0.6 is 11.8 Å². The van der Waals surface area contributed by atoms with Crippen LogP contribution < -0.4 is 10.5 Å². The second-order valence-corrected chi connectivity index (χ2v) is 8.46. The monoisotopic (exact) mass is 332 g/mol. The molecule has 4 nitrogen and oxygen atoms in total. The predicted molar refractivity (Wildman–Crippen MR) is 85.3 cm³/mol. The van der Waals surface area contributed by atoms with Crippen molar-refractivity contribution in [3.05, 3.63) is 24.0 Å². The van der Waals surface area contributed by atoms with Crippen molar-refractivity contribution in [3.63, 3.8) is 0 Å². The maximum atomic E-state index is 13.0. The van der Waals surface area contributed by atoms with Gasteiger partial charge >= 0.3 is 0 Å². The molecule has 1 aliphatic carbocycles. The molecule has 1 aromatic rings. The Morgan fingerprint density at radius 1 is 1.33 bits per heavy atom. The van der Waals surface area contributed by atoms with Crippen LogP contribution in [0.4, 0.5) is 10.1 Å². The van der Waals surface area contributed by atoms with Crippen LogP contribution in [-0.4, -0.2) is 26.0 Å². The highest BCUT2D eigenvalue weighted by Crippen LogP contribution is 2.38. The average Bonchev–Trinajstić information content (AvgIpc) is 2.46. The maximum absolute atomic E-state index is 13.0. The largest absolute Gasteiger partial charge is 0.398 e. The Hall–Kier alpha value is -0.790. The molecular weight excluding hydrogens is 311 g/mol. The fraction of sp³-hybridized carbons (Fsp3) is 0.571. The number of thioether (sulfide) groups is 1. The number of hydrogen-bond donors (Lipinski definition) is 2. The van der Waals surface area contributed by atoms with Crippen LogP contribution in [0.25, 0.3) is 0 Å². The van der Waals surface area contributed by atoms with Crippen molar-refractivity contribution in [2.45, 2.75) is 41.7 Å². The van der Waals surface area contributed by atoms with Crippen LogP contribution in [0.2, 0.25) is 0 Å². The molecule has 2 rings (SSSR count). The van der Waals surface area contributed by atoms with Gasteiger partial charge in [-0.25, -0.2) is 17.5 Å². The van der Waals surface area contributed by atoms with Crippen molar-refractivity contribution < 1.29 is 12.8 Å². The van der Waals surface area contributed by atoms with Gasteiger partial charge in [0.2, 0.25) is 10.0 Å². The minimum absolute atomic E-state index is 0.0416. The minimum Gasteiger partial charge on any atom is -0.398 e. The average molecular weight is 332 g/mol. The molecule has 0 bridgehead atoms. The van der Waals surface area contributed by atoms with Gasteiger partial charge in [-0.05, 0) is 37.3 Å². The maximum Gasteiger partial charge on any atom is 0.242 e. The Morgan fingerprint density at radius 2 is 2.00 bits per heavy atom. The lowest BCUT2D eigenvalue weighted by molar-refractivity contribution is 0.395. The zero-order valence-electron chi connectivity index (χ0n) is 12.1. The molecule has 1 aromatic carbocycles. The van der Waals surface area contributed by atoms with Crippen molar-refractivity contribution in [2.75, 3.05) is 18.5 Å². The molecule has 0 heterocycles. The van der Waals surface area contributed by atoms with E-state index in [1.807, 2.05) is 6.26 Å². The van der Waals surface area contributed by atoms with E-state index in [1.165, 1.54) is 12.5 Å². The van der Waals surface area contributed by atoms with Gasteiger partial charge in [-0.1, -0.05) is 19.3 Å². The molecule has 7 heteroatoms. The Labute approximate surface area is 129 Å². The number of anilines is 1. The summed E-state index contributed by atoms with van der Waals surface area (Å²) in [5.74, 6) is -0.542. The molecule has 1 saturated carbocycles. The summed E-state index contributed by atoms with van der Waals surface area (Å²) in [6.07, 6.45) is 7.50. The zero-order chi connectivity index (χ0) is 15.5. The van der Waals surface area contributed by atoms with Gasteiger partial charge in [-0.2, -0.15) is 11.8 Å². The summed E-state index contributed by atoms with van der Waals surface area (Å²) in [5, 5.41) is 0. The fourth-order valence-corrected chi connectivity index (χ4v) is 4.96. The first-order chi connectivity index (χ1) is 9.88. The lowest BCUT2D eigenvalue weighted by atomic mass is 9.88. The second kappa shape index (κ2) is 6.54. The van der Waals surface area contributed by atoms with E-state index < -0.39 is 15.8 Å². The number of nitrogen functional groups attached to an aromatic ring is 1. The van der Waals surface area contributed by atoms with Gasteiger partial charge in [-0.15, -0.1) is 0 Å². The van der Waals surface area contributed by atoms with Crippen LogP contribution in [-0.2, 0) is 10.0 Å². The number of halogens is 1. The molecule has 3 N–H and O–H groups in total. The molecule has 0 spiro atoms. The summed E-state index contributed by atoms with van der Waals surface area (Å²) in [7, 11) is -3.71. The molecule has 0 aromatic heterocycles. The molecule has 1 fully saturated rings. The number of hydrogen-bond acceptors (Lipinski definition) is 4. The molecule has 0 aliphatic heterocycles. The van der Waals surface area contributed by atoms with Crippen molar-refractivity contribution in [1.82, 2.24) is 4.72 Å². The van der Waals surface area contributed by atoms with Crippen molar-refractivity contribution in [1.29, 1.82) is 0 Å². The molecule has 118 valence electrons. The van der Waals surface area contributed by atoms with Crippen LogP contribution in [0.15, 0.2) is 23.1 Å². The molecular formula is C14H21FN2O2S2. The number of nitrogens with one attached hydrogen (secondary N) is 1. The highest BCUT2D eigenvalue weighted by molar-refractivity contribution is 8.00. The zero-order valence-corrected chi connectivity index (χ0v) is 13.7. The Balaban J connectivity index is 2.13. The first kappa shape index (κ1) is 16.6. The standard InChI is InChI=1S/C14H21FN2O2S2/c1-20-14(7-3-2-4-8-14)10-17-21(18,19)13-6-5-11(15)9-12(13)16/h5-6,9,17H,2-4,7-8,10,16H2,1H3. The summed E-state index contributed by atoms with van der Waals surface area (Å²) in [5.41, 5.74) is 5.55. The van der Waals surface area contributed by atoms with Crippen molar-refractivity contribution >= 4 is 27.5 Å². The number of rotatable bonds is 5. The van der Waals surface area contributed by atoms with Gasteiger partial charge in [0.25, 0.3) is 0 Å². The van der Waals surface area contributed by atoms with E-state index in [9.17, 15) is 12.8 Å². The summed E-state index contributed by atoms with van der Waals surface area (Å²) in [6, 6.07) is 3.34. The first-order valence-electron chi connectivity index (χ1n) is 6.98. The third kappa shape index (κ3) is 3.90. The van der Waals surface area contributed by atoms with E-state index in [4.69, 9.17) is 5.73 Å². The SMILES string of the molecule is CSC1(CNS(=O)(=O)c2ccc(F)cc2N)CCCCC1. The lowest BCUT2D eigenvalue weighted by Crippen LogP contribution is -2.41. The first-order valence-corrected chi connectivity index (χ1v) is 9.69. The molecule has 0 amide bonds. The van der Waals surface area contributed by atoms with E-state index in [-0.39, 0.29) is 15.3 Å². The van der Waals surface area contributed by atoms with Crippen LogP contribution in [0.1, 0.15) is 32.1 Å². The van der Waals surface area contributed by atoms with Gasteiger partial charge < -0.3 is 5.73 Å². The van der Waals surface area contributed by atoms with Gasteiger partial charge in [0.15, 0.2) is 0 Å². The third-order valence-electron chi connectivity index (χ3n) is 4.04. The van der Waals surface area contributed by atoms with Gasteiger partial charge in [-0.3, -0.25) is 0 Å².